The van der Waals surface area contributed by atoms with Crippen LogP contribution >= 0.6 is 24.2 Å². The molecule has 5 nitrogen and oxygen atoms in total. The minimum Gasteiger partial charge on any atom is -0.342 e. The van der Waals surface area contributed by atoms with Gasteiger partial charge >= 0.3 is 0 Å². The molecule has 2 heterocycles. The van der Waals surface area contributed by atoms with Gasteiger partial charge in [-0.3, -0.25) is 10.8 Å². The van der Waals surface area contributed by atoms with Crippen molar-refractivity contribution in [3.63, 3.8) is 0 Å². The summed E-state index contributed by atoms with van der Waals surface area (Å²) in [7, 11) is 0. The van der Waals surface area contributed by atoms with Crippen LogP contribution in [0.1, 0.15) is 38.9 Å². The first-order valence-electron chi connectivity index (χ1n) is 13.4. The smallest absolute Gasteiger partial charge is 0.171 e. The average molecular weight is 578 g/mol. The summed E-state index contributed by atoms with van der Waals surface area (Å²) in [5.74, 6) is 0.579. The summed E-state index contributed by atoms with van der Waals surface area (Å²) in [5.41, 5.74) is 11.0. The fraction of sp³-hybridized carbons (Fsp3) is 0.147. The highest BCUT2D eigenvalue weighted by molar-refractivity contribution is 8.18. The summed E-state index contributed by atoms with van der Waals surface area (Å²) >= 11 is 1.51. The first-order chi connectivity index (χ1) is 19.4. The summed E-state index contributed by atoms with van der Waals surface area (Å²) in [4.78, 5) is 7.72. The zero-order valence-electron chi connectivity index (χ0n) is 23.3. The summed E-state index contributed by atoms with van der Waals surface area (Å²) < 4.78 is 0. The van der Waals surface area contributed by atoms with Crippen molar-refractivity contribution in [1.82, 2.24) is 10.2 Å². The number of aryl methyl sites for hydroxylation is 3. The van der Waals surface area contributed by atoms with Crippen molar-refractivity contribution in [3.05, 3.63) is 135 Å². The van der Waals surface area contributed by atoms with E-state index in [-0.39, 0.29) is 18.2 Å². The second kappa shape index (κ2) is 11.8. The first-order valence-corrected chi connectivity index (χ1v) is 14.2. The molecule has 0 unspecified atom stereocenters. The summed E-state index contributed by atoms with van der Waals surface area (Å²) in [6.07, 6.45) is 0. The lowest BCUT2D eigenvalue weighted by atomic mass is 9.93. The highest BCUT2D eigenvalue weighted by Gasteiger charge is 2.32. The summed E-state index contributed by atoms with van der Waals surface area (Å²) in [6.45, 7) is 7.80. The number of hydrogen-bond acceptors (Lipinski definition) is 4. The van der Waals surface area contributed by atoms with Gasteiger partial charge in [0.05, 0.1) is 10.6 Å². The van der Waals surface area contributed by atoms with Gasteiger partial charge in [0.25, 0.3) is 0 Å². The lowest BCUT2D eigenvalue weighted by Crippen LogP contribution is -2.27. The number of fused-ring (bicyclic) bond motifs is 1. The van der Waals surface area contributed by atoms with E-state index in [1.54, 1.807) is 0 Å². The van der Waals surface area contributed by atoms with Crippen LogP contribution in [0.5, 0.6) is 0 Å². The molecule has 41 heavy (non-hydrogen) atoms. The van der Waals surface area contributed by atoms with E-state index < -0.39 is 0 Å². The molecular formula is C34H32ClN5S. The maximum atomic E-state index is 8.86. The Bertz CT molecular complexity index is 1670. The fourth-order valence-electron chi connectivity index (χ4n) is 5.26. The van der Waals surface area contributed by atoms with Crippen molar-refractivity contribution in [2.45, 2.75) is 33.9 Å². The Morgan fingerprint density at radius 3 is 1.95 bits per heavy atom. The minimum absolute atomic E-state index is 0. The van der Waals surface area contributed by atoms with Crippen LogP contribution < -0.4 is 5.32 Å². The van der Waals surface area contributed by atoms with Gasteiger partial charge in [0.2, 0.25) is 0 Å². The molecule has 4 aromatic carbocycles. The van der Waals surface area contributed by atoms with Crippen LogP contribution in [0.25, 0.3) is 16.8 Å². The number of benzene rings is 4. The Labute approximate surface area is 251 Å². The van der Waals surface area contributed by atoms with Gasteiger partial charge in [-0.25, -0.2) is 4.99 Å². The van der Waals surface area contributed by atoms with Crippen LogP contribution in [-0.4, -0.2) is 21.7 Å². The first kappa shape index (κ1) is 28.4. The molecule has 0 bridgehead atoms. The van der Waals surface area contributed by atoms with E-state index in [1.165, 1.54) is 45.1 Å². The van der Waals surface area contributed by atoms with Gasteiger partial charge in [0.15, 0.2) is 11.0 Å². The van der Waals surface area contributed by atoms with Crippen molar-refractivity contribution in [2.24, 2.45) is 4.99 Å². The Kier molecular flexibility index (Phi) is 8.15. The molecule has 2 aliphatic heterocycles. The molecule has 0 atom stereocenters. The molecule has 0 aliphatic carbocycles. The van der Waals surface area contributed by atoms with Crippen LogP contribution in [0.3, 0.4) is 0 Å². The molecule has 206 valence electrons. The van der Waals surface area contributed by atoms with Gasteiger partial charge in [0.1, 0.15) is 5.84 Å². The Morgan fingerprint density at radius 1 is 0.707 bits per heavy atom. The maximum absolute atomic E-state index is 8.86. The molecule has 0 radical (unpaired) electrons. The van der Waals surface area contributed by atoms with Gasteiger partial charge in [-0.1, -0.05) is 78.9 Å². The molecule has 0 fully saturated rings. The molecule has 6 rings (SSSR count). The van der Waals surface area contributed by atoms with Crippen LogP contribution in [-0.2, 0) is 13.1 Å². The van der Waals surface area contributed by atoms with Crippen molar-refractivity contribution in [3.8, 4) is 11.1 Å². The molecule has 4 aromatic rings. The third-order valence-electron chi connectivity index (χ3n) is 7.51. The van der Waals surface area contributed by atoms with Crippen molar-refractivity contribution >= 4 is 46.7 Å². The van der Waals surface area contributed by atoms with Crippen molar-refractivity contribution in [1.29, 1.82) is 10.8 Å². The summed E-state index contributed by atoms with van der Waals surface area (Å²) in [5, 5.41) is 21.6. The van der Waals surface area contributed by atoms with Crippen LogP contribution in [0.4, 0.5) is 0 Å². The monoisotopic (exact) mass is 577 g/mol. The molecule has 0 spiro atoms. The number of nitrogens with zero attached hydrogens (tertiary/aromatic N) is 2. The third-order valence-corrected chi connectivity index (χ3v) is 8.64. The number of hydrogen-bond donors (Lipinski definition) is 3. The normalized spacial score (nSPS) is 15.7. The number of halogens is 1. The SMILES string of the molecule is Cc1cc(C)c(-c2ccc3c(c2)C(=C2SC(N(Cc4ccccc4)Cc4ccccc4)=NC2=N)NC3=N)cc1C.Cl. The molecule has 0 amide bonds. The number of thioether (sulfide) groups is 1. The highest BCUT2D eigenvalue weighted by atomic mass is 35.5. The van der Waals surface area contributed by atoms with E-state index in [4.69, 9.17) is 15.8 Å². The molecule has 7 heteroatoms. The van der Waals surface area contributed by atoms with E-state index in [0.29, 0.717) is 18.9 Å². The van der Waals surface area contributed by atoms with E-state index in [2.05, 4.69) is 104 Å². The third kappa shape index (κ3) is 5.71. The van der Waals surface area contributed by atoms with E-state index >= 15 is 0 Å². The number of nitrogens with one attached hydrogen (secondary N) is 3. The average Bonchev–Trinajstić information content (AvgIpc) is 3.50. The molecule has 0 saturated heterocycles. The highest BCUT2D eigenvalue weighted by Crippen LogP contribution is 2.40. The van der Waals surface area contributed by atoms with Gasteiger partial charge in [-0.15, -0.1) is 12.4 Å². The predicted octanol–water partition coefficient (Wildman–Crippen LogP) is 8.08. The fourth-order valence-corrected chi connectivity index (χ4v) is 6.24. The van der Waals surface area contributed by atoms with Crippen LogP contribution in [0.2, 0.25) is 0 Å². The van der Waals surface area contributed by atoms with Gasteiger partial charge in [-0.2, -0.15) is 0 Å². The minimum atomic E-state index is 0. The van der Waals surface area contributed by atoms with Gasteiger partial charge < -0.3 is 10.2 Å². The quantitative estimate of drug-likeness (QED) is 0.224. The van der Waals surface area contributed by atoms with Crippen LogP contribution in [0, 0.1) is 31.6 Å². The van der Waals surface area contributed by atoms with Crippen molar-refractivity contribution < 1.29 is 0 Å². The molecular weight excluding hydrogens is 546 g/mol. The molecule has 0 saturated carbocycles. The Hall–Kier alpha value is -4.13. The van der Waals surface area contributed by atoms with Crippen molar-refractivity contribution in [2.75, 3.05) is 0 Å². The zero-order chi connectivity index (χ0) is 27.8. The van der Waals surface area contributed by atoms with E-state index in [9.17, 15) is 0 Å². The number of amidine groups is 3. The van der Waals surface area contributed by atoms with Gasteiger partial charge in [0, 0.05) is 24.2 Å². The predicted molar refractivity (Wildman–Crippen MR) is 175 cm³/mol. The van der Waals surface area contributed by atoms with Gasteiger partial charge in [-0.05, 0) is 83.6 Å². The standard InChI is InChI=1S/C34H31N5S.ClH/c1-21-16-23(3)28(17-22(21)2)26-14-15-27-29(18-26)30(37-32(27)35)31-33(36)38-34(40-31)39(19-24-10-6-4-7-11-24)20-25-12-8-5-9-13-25;/h4-18,36H,19-20H2,1-3H3,(H2,35,37);1H. The van der Waals surface area contributed by atoms with E-state index in [0.717, 1.165) is 32.5 Å². The molecule has 0 aromatic heterocycles. The lowest BCUT2D eigenvalue weighted by molar-refractivity contribution is 0.415. The Morgan fingerprint density at radius 2 is 1.32 bits per heavy atom. The molecule has 2 aliphatic rings. The number of aliphatic imine (C=N–C) groups is 1. The lowest BCUT2D eigenvalue weighted by Gasteiger charge is -2.24. The second-order valence-corrected chi connectivity index (χ2v) is 11.4. The topological polar surface area (TPSA) is 75.3 Å². The second-order valence-electron chi connectivity index (χ2n) is 10.4. The molecule has 3 N–H and O–H groups in total. The maximum Gasteiger partial charge on any atom is 0.171 e. The zero-order valence-corrected chi connectivity index (χ0v) is 24.9. The Balaban J connectivity index is 0.00000337. The summed E-state index contributed by atoms with van der Waals surface area (Å²) in [6, 6.07) is 31.5. The largest absolute Gasteiger partial charge is 0.342 e. The van der Waals surface area contributed by atoms with E-state index in [1.807, 2.05) is 18.2 Å². The number of rotatable bonds is 5. The van der Waals surface area contributed by atoms with Crippen LogP contribution in [0.15, 0.2) is 101 Å².